The Morgan fingerprint density at radius 2 is 2.08 bits per heavy atom. The number of furan rings is 1. The normalized spacial score (nSPS) is 10.8. The van der Waals surface area contributed by atoms with Crippen molar-refractivity contribution in [1.29, 1.82) is 0 Å². The minimum Gasteiger partial charge on any atom is -0.469 e. The molecule has 0 unspecified atom stereocenters. The van der Waals surface area contributed by atoms with Crippen LogP contribution in [0.3, 0.4) is 0 Å². The van der Waals surface area contributed by atoms with Gasteiger partial charge in [0.1, 0.15) is 5.76 Å². The smallest absolute Gasteiger partial charge is 0.243 e. The molecule has 136 valence electrons. The first-order valence-electron chi connectivity index (χ1n) is 7.61. The highest BCUT2D eigenvalue weighted by Gasteiger charge is 2.07. The molecule has 2 rings (SSSR count). The lowest BCUT2D eigenvalue weighted by molar-refractivity contribution is -0.115. The average Bonchev–Trinajstić information content (AvgIpc) is 3.07. The van der Waals surface area contributed by atoms with Gasteiger partial charge in [-0.3, -0.25) is 9.79 Å². The monoisotopic (exact) mass is 520 g/mol. The molecule has 6 nitrogen and oxygen atoms in total. The highest BCUT2D eigenvalue weighted by Crippen LogP contribution is 2.20. The number of guanidine groups is 1. The number of halogens is 2. The molecule has 1 amide bonds. The van der Waals surface area contributed by atoms with Gasteiger partial charge in [0.05, 0.1) is 12.8 Å². The number of aliphatic imine (C=N–C) groups is 1. The van der Waals surface area contributed by atoms with Crippen molar-refractivity contribution < 1.29 is 9.21 Å². The van der Waals surface area contributed by atoms with Crippen LogP contribution in [0.15, 0.2) is 50.5 Å². The molecule has 0 saturated heterocycles. The van der Waals surface area contributed by atoms with E-state index in [1.54, 1.807) is 13.3 Å². The minimum atomic E-state index is -0.134. The van der Waals surface area contributed by atoms with Crippen LogP contribution in [0.1, 0.15) is 11.3 Å². The zero-order valence-corrected chi connectivity index (χ0v) is 18.1. The molecule has 2 aromatic rings. The van der Waals surface area contributed by atoms with Crippen molar-refractivity contribution in [1.82, 2.24) is 10.6 Å². The summed E-state index contributed by atoms with van der Waals surface area (Å²) in [5, 5.41) is 9.01. The maximum absolute atomic E-state index is 12.1. The van der Waals surface area contributed by atoms with Gasteiger partial charge in [-0.15, -0.1) is 24.0 Å². The van der Waals surface area contributed by atoms with E-state index in [4.69, 9.17) is 4.42 Å². The summed E-state index contributed by atoms with van der Waals surface area (Å²) in [7, 11) is 1.67. The summed E-state index contributed by atoms with van der Waals surface area (Å²) >= 11 is 3.40. The molecule has 1 heterocycles. The lowest BCUT2D eigenvalue weighted by Crippen LogP contribution is -2.42. The average molecular weight is 521 g/mol. The predicted molar refractivity (Wildman–Crippen MR) is 115 cm³/mol. The predicted octanol–water partition coefficient (Wildman–Crippen LogP) is 3.31. The molecule has 0 fully saturated rings. The third kappa shape index (κ3) is 7.47. The van der Waals surface area contributed by atoms with E-state index in [2.05, 4.69) is 36.9 Å². The number of hydrogen-bond donors (Lipinski definition) is 3. The molecule has 0 spiro atoms. The Bertz CT molecular complexity index is 705. The van der Waals surface area contributed by atoms with Crippen molar-refractivity contribution >= 4 is 57.5 Å². The van der Waals surface area contributed by atoms with Crippen LogP contribution in [-0.4, -0.2) is 32.0 Å². The number of anilines is 1. The minimum absolute atomic E-state index is 0. The van der Waals surface area contributed by atoms with Crippen LogP contribution in [0.2, 0.25) is 0 Å². The molecular weight excluding hydrogens is 499 g/mol. The Morgan fingerprint density at radius 1 is 1.28 bits per heavy atom. The highest BCUT2D eigenvalue weighted by molar-refractivity contribution is 14.0. The van der Waals surface area contributed by atoms with Crippen molar-refractivity contribution in [2.75, 3.05) is 25.5 Å². The van der Waals surface area contributed by atoms with E-state index in [1.165, 1.54) is 0 Å². The first kappa shape index (κ1) is 21.5. The first-order chi connectivity index (χ1) is 11.6. The van der Waals surface area contributed by atoms with Gasteiger partial charge >= 0.3 is 0 Å². The van der Waals surface area contributed by atoms with Gasteiger partial charge in [0.15, 0.2) is 5.96 Å². The molecule has 3 N–H and O–H groups in total. The van der Waals surface area contributed by atoms with E-state index in [0.717, 1.165) is 27.9 Å². The van der Waals surface area contributed by atoms with Crippen LogP contribution in [0, 0.1) is 6.92 Å². The van der Waals surface area contributed by atoms with Gasteiger partial charge < -0.3 is 20.4 Å². The molecule has 0 atom stereocenters. The Morgan fingerprint density at radius 3 is 2.76 bits per heavy atom. The van der Waals surface area contributed by atoms with Gasteiger partial charge in [-0.2, -0.15) is 0 Å². The number of nitrogens with one attached hydrogen (secondary N) is 3. The van der Waals surface area contributed by atoms with E-state index in [-0.39, 0.29) is 36.4 Å². The maximum Gasteiger partial charge on any atom is 0.243 e. The Labute approximate surface area is 173 Å². The van der Waals surface area contributed by atoms with Gasteiger partial charge in [-0.05, 0) is 36.8 Å². The molecule has 0 saturated carbocycles. The van der Waals surface area contributed by atoms with Crippen molar-refractivity contribution in [2.24, 2.45) is 4.99 Å². The summed E-state index contributed by atoms with van der Waals surface area (Å²) in [6.07, 6.45) is 2.40. The van der Waals surface area contributed by atoms with Crippen LogP contribution >= 0.6 is 39.9 Å². The quantitative estimate of drug-likeness (QED) is 0.310. The molecule has 1 aromatic heterocycles. The fraction of sp³-hybridized carbons (Fsp3) is 0.294. The largest absolute Gasteiger partial charge is 0.469 e. The first-order valence-corrected chi connectivity index (χ1v) is 8.40. The molecule has 25 heavy (non-hydrogen) atoms. The molecule has 8 heteroatoms. The Kier molecular flexibility index (Phi) is 9.58. The molecule has 0 aliphatic heterocycles. The summed E-state index contributed by atoms with van der Waals surface area (Å²) < 4.78 is 6.19. The van der Waals surface area contributed by atoms with Crippen molar-refractivity contribution in [3.05, 3.63) is 52.4 Å². The van der Waals surface area contributed by atoms with E-state index in [0.29, 0.717) is 12.5 Å². The van der Waals surface area contributed by atoms with E-state index >= 15 is 0 Å². The van der Waals surface area contributed by atoms with Crippen molar-refractivity contribution in [3.63, 3.8) is 0 Å². The highest BCUT2D eigenvalue weighted by atomic mass is 127. The number of nitrogens with zero attached hydrogens (tertiary/aromatic N) is 1. The Hall–Kier alpha value is -1.55. The van der Waals surface area contributed by atoms with Crippen LogP contribution in [-0.2, 0) is 11.2 Å². The molecule has 0 radical (unpaired) electrons. The van der Waals surface area contributed by atoms with Crippen LogP contribution < -0.4 is 16.0 Å². The summed E-state index contributed by atoms with van der Waals surface area (Å²) in [5.74, 6) is 1.34. The Balaban J connectivity index is 0.00000312. The number of carbonyl (C=O) groups excluding carboxylic acids is 1. The van der Waals surface area contributed by atoms with E-state index in [1.807, 2.05) is 37.3 Å². The number of hydrogen-bond acceptors (Lipinski definition) is 3. The summed E-state index contributed by atoms with van der Waals surface area (Å²) in [4.78, 5) is 16.2. The lowest BCUT2D eigenvalue weighted by Gasteiger charge is -2.12. The van der Waals surface area contributed by atoms with Gasteiger partial charge in [0.2, 0.25) is 5.91 Å². The molecule has 0 aliphatic rings. The number of benzene rings is 1. The van der Waals surface area contributed by atoms with Crippen LogP contribution in [0.5, 0.6) is 0 Å². The lowest BCUT2D eigenvalue weighted by atomic mass is 10.2. The second kappa shape index (κ2) is 11.1. The van der Waals surface area contributed by atoms with Gasteiger partial charge in [-0.25, -0.2) is 0 Å². The van der Waals surface area contributed by atoms with Gasteiger partial charge in [0.25, 0.3) is 0 Å². The van der Waals surface area contributed by atoms with Crippen LogP contribution in [0.4, 0.5) is 5.69 Å². The molecule has 0 aliphatic carbocycles. The van der Waals surface area contributed by atoms with Crippen LogP contribution in [0.25, 0.3) is 0 Å². The van der Waals surface area contributed by atoms with E-state index in [9.17, 15) is 4.79 Å². The second-order valence-corrected chi connectivity index (χ2v) is 6.11. The van der Waals surface area contributed by atoms with Gasteiger partial charge in [0, 0.05) is 30.2 Å². The summed E-state index contributed by atoms with van der Waals surface area (Å²) in [6, 6.07) is 9.54. The third-order valence-electron chi connectivity index (χ3n) is 3.36. The second-order valence-electron chi connectivity index (χ2n) is 5.19. The number of amides is 1. The number of aryl methyl sites for hydroxylation is 1. The molecule has 1 aromatic carbocycles. The summed E-state index contributed by atoms with van der Waals surface area (Å²) in [6.45, 7) is 2.75. The van der Waals surface area contributed by atoms with Crippen molar-refractivity contribution in [2.45, 2.75) is 13.3 Å². The van der Waals surface area contributed by atoms with Crippen molar-refractivity contribution in [3.8, 4) is 0 Å². The van der Waals surface area contributed by atoms with E-state index < -0.39 is 0 Å². The number of carbonyl (C=O) groups is 1. The molecular formula is C17H22BrIN4O2. The third-order valence-corrected chi connectivity index (χ3v) is 3.85. The standard InChI is InChI=1S/C17H21BrN4O2.HI/c1-12-5-6-13(18)10-15(12)22-16(23)11-21-17(19-2)20-8-7-14-4-3-9-24-14;/h3-6,9-10H,7-8,11H2,1-2H3,(H,22,23)(H2,19,20,21);1H. The summed E-state index contributed by atoms with van der Waals surface area (Å²) in [5.41, 5.74) is 1.80. The van der Waals surface area contributed by atoms with Gasteiger partial charge in [-0.1, -0.05) is 22.0 Å². The fourth-order valence-electron chi connectivity index (χ4n) is 2.07. The maximum atomic E-state index is 12.1. The zero-order chi connectivity index (χ0) is 17.4. The molecule has 0 bridgehead atoms. The topological polar surface area (TPSA) is 78.7 Å². The fourth-order valence-corrected chi connectivity index (χ4v) is 2.43. The zero-order valence-electron chi connectivity index (χ0n) is 14.1. The number of rotatable bonds is 6. The SMILES string of the molecule is CN=C(NCCc1ccco1)NCC(=O)Nc1cc(Br)ccc1C.I.